The Balaban J connectivity index is 1.52. The Kier molecular flexibility index (Phi) is 5.05. The van der Waals surface area contributed by atoms with Crippen molar-refractivity contribution in [3.8, 4) is 11.4 Å². The summed E-state index contributed by atoms with van der Waals surface area (Å²) in [6, 6.07) is 9.85. The van der Waals surface area contributed by atoms with Gasteiger partial charge in [0.1, 0.15) is 0 Å². The molecule has 0 spiro atoms. The first-order valence-corrected chi connectivity index (χ1v) is 8.81. The number of amides is 1. The first-order valence-electron chi connectivity index (χ1n) is 7.87. The third kappa shape index (κ3) is 4.08. The lowest BCUT2D eigenvalue weighted by atomic mass is 10.0. The summed E-state index contributed by atoms with van der Waals surface area (Å²) in [6.45, 7) is 4.28. The summed E-state index contributed by atoms with van der Waals surface area (Å²) in [5, 5.41) is 10.7. The number of hydrogen-bond acceptors (Lipinski definition) is 5. The third-order valence-electron chi connectivity index (χ3n) is 3.67. The van der Waals surface area contributed by atoms with E-state index in [9.17, 15) is 4.79 Å². The topological polar surface area (TPSA) is 68.0 Å². The molecule has 0 unspecified atom stereocenters. The maximum atomic E-state index is 12.0. The molecule has 0 saturated carbocycles. The standard InChI is InChI=1S/C18H19N3O2S/c1-12(2)13-3-5-15(6-4-13)19-16(22)7-8-17-20-18(21-23-17)14-9-10-24-11-14/h3-6,9-12H,7-8H2,1-2H3,(H,19,22). The molecular weight excluding hydrogens is 322 g/mol. The van der Waals surface area contributed by atoms with E-state index in [0.29, 0.717) is 30.5 Å². The van der Waals surface area contributed by atoms with Crippen LogP contribution in [0.1, 0.15) is 37.6 Å². The first-order chi connectivity index (χ1) is 11.6. The lowest BCUT2D eigenvalue weighted by Gasteiger charge is -2.08. The molecule has 0 radical (unpaired) electrons. The molecule has 5 nitrogen and oxygen atoms in total. The lowest BCUT2D eigenvalue weighted by Crippen LogP contribution is -2.12. The number of carbonyl (C=O) groups excluding carboxylic acids is 1. The van der Waals surface area contributed by atoms with Gasteiger partial charge in [-0.15, -0.1) is 0 Å². The monoisotopic (exact) mass is 341 g/mol. The number of anilines is 1. The molecule has 3 rings (SSSR count). The largest absolute Gasteiger partial charge is 0.339 e. The molecule has 0 atom stereocenters. The zero-order chi connectivity index (χ0) is 16.9. The second kappa shape index (κ2) is 7.40. The number of rotatable bonds is 6. The van der Waals surface area contributed by atoms with Gasteiger partial charge in [-0.1, -0.05) is 31.1 Å². The molecule has 3 aromatic rings. The highest BCUT2D eigenvalue weighted by molar-refractivity contribution is 7.08. The summed E-state index contributed by atoms with van der Waals surface area (Å²) < 4.78 is 5.19. The van der Waals surface area contributed by atoms with Crippen LogP contribution in [0.5, 0.6) is 0 Å². The van der Waals surface area contributed by atoms with Gasteiger partial charge in [0.05, 0.1) is 0 Å². The van der Waals surface area contributed by atoms with Gasteiger partial charge in [-0.25, -0.2) is 0 Å². The summed E-state index contributed by atoms with van der Waals surface area (Å²) in [4.78, 5) is 16.4. The van der Waals surface area contributed by atoms with Crippen molar-refractivity contribution in [2.45, 2.75) is 32.6 Å². The van der Waals surface area contributed by atoms with Crippen molar-refractivity contribution in [3.05, 3.63) is 52.5 Å². The van der Waals surface area contributed by atoms with Crippen LogP contribution in [0.4, 0.5) is 5.69 Å². The molecule has 0 saturated heterocycles. The first kappa shape index (κ1) is 16.4. The zero-order valence-electron chi connectivity index (χ0n) is 13.7. The van der Waals surface area contributed by atoms with Crippen LogP contribution in [0.15, 0.2) is 45.6 Å². The highest BCUT2D eigenvalue weighted by Crippen LogP contribution is 2.19. The van der Waals surface area contributed by atoms with Crippen molar-refractivity contribution in [3.63, 3.8) is 0 Å². The average molecular weight is 341 g/mol. The fourth-order valence-electron chi connectivity index (χ4n) is 2.26. The Morgan fingerprint density at radius 1 is 1.25 bits per heavy atom. The van der Waals surface area contributed by atoms with E-state index in [-0.39, 0.29) is 5.91 Å². The molecule has 24 heavy (non-hydrogen) atoms. The van der Waals surface area contributed by atoms with Crippen LogP contribution < -0.4 is 5.32 Å². The number of hydrogen-bond donors (Lipinski definition) is 1. The zero-order valence-corrected chi connectivity index (χ0v) is 14.5. The minimum atomic E-state index is -0.0671. The van der Waals surface area contributed by atoms with Crippen LogP contribution >= 0.6 is 11.3 Å². The number of carbonyl (C=O) groups is 1. The minimum Gasteiger partial charge on any atom is -0.339 e. The van der Waals surface area contributed by atoms with Gasteiger partial charge in [0, 0.05) is 29.5 Å². The van der Waals surface area contributed by atoms with E-state index >= 15 is 0 Å². The minimum absolute atomic E-state index is 0.0671. The number of nitrogens with one attached hydrogen (secondary N) is 1. The molecule has 0 aliphatic carbocycles. The van der Waals surface area contributed by atoms with E-state index in [1.165, 1.54) is 5.56 Å². The van der Waals surface area contributed by atoms with Gasteiger partial charge in [-0.3, -0.25) is 4.79 Å². The Labute approximate surface area is 144 Å². The highest BCUT2D eigenvalue weighted by atomic mass is 32.1. The van der Waals surface area contributed by atoms with Crippen molar-refractivity contribution in [2.75, 3.05) is 5.32 Å². The molecule has 6 heteroatoms. The Bertz CT molecular complexity index is 792. The van der Waals surface area contributed by atoms with Gasteiger partial charge in [0.25, 0.3) is 0 Å². The second-order valence-electron chi connectivity index (χ2n) is 5.85. The quantitative estimate of drug-likeness (QED) is 0.717. The Morgan fingerprint density at radius 2 is 2.04 bits per heavy atom. The third-order valence-corrected chi connectivity index (χ3v) is 4.36. The van der Waals surface area contributed by atoms with Gasteiger partial charge >= 0.3 is 0 Å². The van der Waals surface area contributed by atoms with E-state index in [0.717, 1.165) is 11.3 Å². The summed E-state index contributed by atoms with van der Waals surface area (Å²) in [5.41, 5.74) is 2.98. The molecule has 0 aliphatic rings. The van der Waals surface area contributed by atoms with E-state index in [1.54, 1.807) is 11.3 Å². The smallest absolute Gasteiger partial charge is 0.227 e. The molecule has 1 amide bonds. The van der Waals surface area contributed by atoms with E-state index < -0.39 is 0 Å². The van der Waals surface area contributed by atoms with Gasteiger partial charge in [0.2, 0.25) is 17.6 Å². The normalized spacial score (nSPS) is 11.0. The summed E-state index contributed by atoms with van der Waals surface area (Å²) >= 11 is 1.58. The second-order valence-corrected chi connectivity index (χ2v) is 6.63. The van der Waals surface area contributed by atoms with Crippen LogP contribution in [0.25, 0.3) is 11.4 Å². The number of thiophene rings is 1. The SMILES string of the molecule is CC(C)c1ccc(NC(=O)CCc2nc(-c3ccsc3)no2)cc1. The number of nitrogens with zero attached hydrogens (tertiary/aromatic N) is 2. The molecule has 2 aromatic heterocycles. The van der Waals surface area contributed by atoms with E-state index in [4.69, 9.17) is 4.52 Å². The van der Waals surface area contributed by atoms with Crippen molar-refractivity contribution in [2.24, 2.45) is 0 Å². The van der Waals surface area contributed by atoms with E-state index in [2.05, 4.69) is 29.3 Å². The van der Waals surface area contributed by atoms with Crippen LogP contribution in [0.3, 0.4) is 0 Å². The molecule has 0 fully saturated rings. The van der Waals surface area contributed by atoms with Gasteiger partial charge in [0.15, 0.2) is 0 Å². The predicted molar refractivity (Wildman–Crippen MR) is 95.1 cm³/mol. The van der Waals surface area contributed by atoms with Crippen LogP contribution in [-0.2, 0) is 11.2 Å². The fourth-order valence-corrected chi connectivity index (χ4v) is 2.89. The van der Waals surface area contributed by atoms with Crippen molar-refractivity contribution in [1.82, 2.24) is 10.1 Å². The maximum absolute atomic E-state index is 12.0. The fraction of sp³-hybridized carbons (Fsp3) is 0.278. The van der Waals surface area contributed by atoms with Crippen molar-refractivity contribution >= 4 is 22.9 Å². The molecule has 2 heterocycles. The molecule has 0 bridgehead atoms. The molecule has 1 N–H and O–H groups in total. The summed E-state index contributed by atoms with van der Waals surface area (Å²) in [6.07, 6.45) is 0.726. The molecule has 124 valence electrons. The maximum Gasteiger partial charge on any atom is 0.227 e. The van der Waals surface area contributed by atoms with Crippen molar-refractivity contribution < 1.29 is 9.32 Å². The summed E-state index contributed by atoms with van der Waals surface area (Å²) in [7, 11) is 0. The molecule has 0 aliphatic heterocycles. The van der Waals surface area contributed by atoms with Gasteiger partial charge < -0.3 is 9.84 Å². The Morgan fingerprint density at radius 3 is 2.71 bits per heavy atom. The molecule has 1 aromatic carbocycles. The number of aromatic nitrogens is 2. The van der Waals surface area contributed by atoms with Crippen molar-refractivity contribution in [1.29, 1.82) is 0 Å². The van der Waals surface area contributed by atoms with Gasteiger partial charge in [-0.05, 0) is 35.1 Å². The van der Waals surface area contributed by atoms with Crippen LogP contribution in [0, 0.1) is 0 Å². The predicted octanol–water partition coefficient (Wildman–Crippen LogP) is 4.49. The van der Waals surface area contributed by atoms with E-state index in [1.807, 2.05) is 41.1 Å². The lowest BCUT2D eigenvalue weighted by molar-refractivity contribution is -0.116. The number of aryl methyl sites for hydroxylation is 1. The van der Waals surface area contributed by atoms with Gasteiger partial charge in [-0.2, -0.15) is 16.3 Å². The summed E-state index contributed by atoms with van der Waals surface area (Å²) in [5.74, 6) is 1.45. The van der Waals surface area contributed by atoms with Crippen LogP contribution in [-0.4, -0.2) is 16.0 Å². The average Bonchev–Trinajstić information content (AvgIpc) is 3.25. The van der Waals surface area contributed by atoms with Crippen LogP contribution in [0.2, 0.25) is 0 Å². The number of benzene rings is 1. The molecular formula is C18H19N3O2S. The Hall–Kier alpha value is -2.47. The highest BCUT2D eigenvalue weighted by Gasteiger charge is 2.11.